The van der Waals surface area contributed by atoms with Crippen LogP contribution in [0.4, 0.5) is 10.5 Å². The number of aromatic nitrogens is 2. The number of fused-ring (bicyclic) bond motifs is 1. The van der Waals surface area contributed by atoms with E-state index in [1.54, 1.807) is 31.4 Å². The van der Waals surface area contributed by atoms with Crippen molar-refractivity contribution in [3.63, 3.8) is 0 Å². The SMILES string of the molecule is COc1ccc(NC(=O)NC[C@H]2Cn3c(-c4ccc(Cl)cc4)cnc3CO2)cc1. The van der Waals surface area contributed by atoms with Crippen LogP contribution in [-0.4, -0.2) is 35.3 Å². The lowest BCUT2D eigenvalue weighted by Gasteiger charge is -2.26. The molecule has 8 heteroatoms. The van der Waals surface area contributed by atoms with E-state index in [0.29, 0.717) is 30.4 Å². The molecule has 1 aliphatic rings. The van der Waals surface area contributed by atoms with Crippen LogP contribution in [0.2, 0.25) is 5.02 Å². The first kappa shape index (κ1) is 19.3. The van der Waals surface area contributed by atoms with E-state index in [4.69, 9.17) is 21.1 Å². The molecule has 3 aromatic rings. The number of imidazole rings is 1. The van der Waals surface area contributed by atoms with Crippen molar-refractivity contribution in [2.24, 2.45) is 0 Å². The average Bonchev–Trinajstić information content (AvgIpc) is 3.17. The molecule has 29 heavy (non-hydrogen) atoms. The summed E-state index contributed by atoms with van der Waals surface area (Å²) in [4.78, 5) is 16.6. The van der Waals surface area contributed by atoms with Gasteiger partial charge in [0.05, 0.1) is 31.6 Å². The summed E-state index contributed by atoms with van der Waals surface area (Å²) in [7, 11) is 1.60. The third-order valence-electron chi connectivity index (χ3n) is 4.75. The number of halogens is 1. The van der Waals surface area contributed by atoms with Crippen LogP contribution in [0.3, 0.4) is 0 Å². The topological polar surface area (TPSA) is 77.4 Å². The summed E-state index contributed by atoms with van der Waals surface area (Å²) < 4.78 is 13.1. The van der Waals surface area contributed by atoms with Gasteiger partial charge in [-0.1, -0.05) is 23.7 Å². The average molecular weight is 413 g/mol. The first-order chi connectivity index (χ1) is 14.1. The van der Waals surface area contributed by atoms with Crippen molar-refractivity contribution in [2.75, 3.05) is 19.0 Å². The maximum absolute atomic E-state index is 12.2. The molecule has 1 atom stereocenters. The second kappa shape index (κ2) is 8.55. The summed E-state index contributed by atoms with van der Waals surface area (Å²) in [5, 5.41) is 6.35. The molecule has 1 aliphatic heterocycles. The molecule has 0 unspecified atom stereocenters. The van der Waals surface area contributed by atoms with Gasteiger partial charge in [-0.15, -0.1) is 0 Å². The van der Waals surface area contributed by atoms with Gasteiger partial charge in [0.15, 0.2) is 0 Å². The van der Waals surface area contributed by atoms with Gasteiger partial charge >= 0.3 is 6.03 Å². The predicted octanol–water partition coefficient (Wildman–Crippen LogP) is 3.93. The first-order valence-corrected chi connectivity index (χ1v) is 9.61. The van der Waals surface area contributed by atoms with Crippen molar-refractivity contribution in [3.8, 4) is 17.0 Å². The minimum absolute atomic E-state index is 0.149. The monoisotopic (exact) mass is 412 g/mol. The highest BCUT2D eigenvalue weighted by atomic mass is 35.5. The zero-order chi connectivity index (χ0) is 20.2. The van der Waals surface area contributed by atoms with Crippen LogP contribution in [0.15, 0.2) is 54.7 Å². The van der Waals surface area contributed by atoms with Crippen LogP contribution in [0.5, 0.6) is 5.75 Å². The Balaban J connectivity index is 1.35. The zero-order valence-electron chi connectivity index (χ0n) is 15.9. The number of ether oxygens (including phenoxy) is 2. The van der Waals surface area contributed by atoms with Crippen molar-refractivity contribution in [2.45, 2.75) is 19.3 Å². The molecule has 2 aromatic carbocycles. The summed E-state index contributed by atoms with van der Waals surface area (Å²) in [6.07, 6.45) is 1.69. The molecule has 150 valence electrons. The van der Waals surface area contributed by atoms with E-state index in [9.17, 15) is 4.79 Å². The van der Waals surface area contributed by atoms with Gasteiger partial charge in [0, 0.05) is 17.3 Å². The van der Waals surface area contributed by atoms with E-state index in [-0.39, 0.29) is 12.1 Å². The molecule has 1 aromatic heterocycles. The Labute approximate surface area is 173 Å². The van der Waals surface area contributed by atoms with Crippen LogP contribution in [0.25, 0.3) is 11.3 Å². The number of carbonyl (C=O) groups is 1. The number of hydrogen-bond acceptors (Lipinski definition) is 4. The Morgan fingerprint density at radius 1 is 1.24 bits per heavy atom. The molecule has 7 nitrogen and oxygen atoms in total. The second-order valence-electron chi connectivity index (χ2n) is 6.67. The molecule has 2 N–H and O–H groups in total. The summed E-state index contributed by atoms with van der Waals surface area (Å²) >= 11 is 5.99. The highest BCUT2D eigenvalue weighted by Gasteiger charge is 2.23. The largest absolute Gasteiger partial charge is 0.497 e. The lowest BCUT2D eigenvalue weighted by Crippen LogP contribution is -2.40. The molecule has 0 aliphatic carbocycles. The van der Waals surface area contributed by atoms with E-state index in [1.165, 1.54) is 0 Å². The van der Waals surface area contributed by atoms with Crippen LogP contribution in [-0.2, 0) is 17.9 Å². The van der Waals surface area contributed by atoms with Gasteiger partial charge in [-0.3, -0.25) is 0 Å². The number of amides is 2. The van der Waals surface area contributed by atoms with E-state index >= 15 is 0 Å². The number of nitrogens with zero attached hydrogens (tertiary/aromatic N) is 2. The number of benzene rings is 2. The number of nitrogens with one attached hydrogen (secondary N) is 2. The number of carbonyl (C=O) groups excluding carboxylic acids is 1. The Kier molecular flexibility index (Phi) is 5.69. The predicted molar refractivity (Wildman–Crippen MR) is 111 cm³/mol. The summed E-state index contributed by atoms with van der Waals surface area (Å²) in [6, 6.07) is 14.5. The molecular formula is C21H21ClN4O3. The van der Waals surface area contributed by atoms with Crippen LogP contribution in [0.1, 0.15) is 5.82 Å². The number of methoxy groups -OCH3 is 1. The molecule has 2 heterocycles. The Hall–Kier alpha value is -3.03. The number of hydrogen-bond donors (Lipinski definition) is 2. The van der Waals surface area contributed by atoms with Crippen molar-refractivity contribution in [1.29, 1.82) is 0 Å². The van der Waals surface area contributed by atoms with Crippen molar-refractivity contribution >= 4 is 23.3 Å². The quantitative estimate of drug-likeness (QED) is 0.665. The molecule has 0 radical (unpaired) electrons. The lowest BCUT2D eigenvalue weighted by molar-refractivity contribution is 0.00515. The summed E-state index contributed by atoms with van der Waals surface area (Å²) in [5.41, 5.74) is 2.74. The molecular weight excluding hydrogens is 392 g/mol. The van der Waals surface area contributed by atoms with Gasteiger partial charge in [0.25, 0.3) is 0 Å². The molecule has 0 spiro atoms. The van der Waals surface area contributed by atoms with Crippen LogP contribution < -0.4 is 15.4 Å². The molecule has 0 saturated carbocycles. The van der Waals surface area contributed by atoms with Gasteiger partial charge in [0.1, 0.15) is 18.2 Å². The van der Waals surface area contributed by atoms with E-state index in [1.807, 2.05) is 30.5 Å². The van der Waals surface area contributed by atoms with E-state index in [2.05, 4.69) is 20.2 Å². The third-order valence-corrected chi connectivity index (χ3v) is 5.00. The maximum Gasteiger partial charge on any atom is 0.319 e. The fourth-order valence-electron chi connectivity index (χ4n) is 3.21. The van der Waals surface area contributed by atoms with Gasteiger partial charge < -0.3 is 24.7 Å². The molecule has 2 amide bonds. The van der Waals surface area contributed by atoms with E-state index in [0.717, 1.165) is 22.8 Å². The van der Waals surface area contributed by atoms with Crippen molar-refractivity contribution in [3.05, 3.63) is 65.6 Å². The number of anilines is 1. The maximum atomic E-state index is 12.2. The summed E-state index contributed by atoms with van der Waals surface area (Å²) in [6.45, 7) is 1.40. The van der Waals surface area contributed by atoms with Crippen molar-refractivity contribution in [1.82, 2.24) is 14.9 Å². The highest BCUT2D eigenvalue weighted by molar-refractivity contribution is 6.30. The Bertz CT molecular complexity index is 986. The smallest absolute Gasteiger partial charge is 0.319 e. The fourth-order valence-corrected chi connectivity index (χ4v) is 3.34. The molecule has 4 rings (SSSR count). The lowest BCUT2D eigenvalue weighted by atomic mass is 10.1. The molecule has 0 saturated heterocycles. The first-order valence-electron chi connectivity index (χ1n) is 9.23. The minimum Gasteiger partial charge on any atom is -0.497 e. The number of urea groups is 1. The van der Waals surface area contributed by atoms with Crippen LogP contribution in [0, 0.1) is 0 Å². The summed E-state index contributed by atoms with van der Waals surface area (Å²) in [5.74, 6) is 1.60. The van der Waals surface area contributed by atoms with Gasteiger partial charge in [-0.05, 0) is 42.0 Å². The van der Waals surface area contributed by atoms with Gasteiger partial charge in [-0.25, -0.2) is 9.78 Å². The number of rotatable bonds is 5. The standard InChI is InChI=1S/C21H21ClN4O3/c1-28-17-8-6-16(7-9-17)25-21(27)24-10-18-12-26-19(11-23-20(26)13-29-18)14-2-4-15(22)5-3-14/h2-9,11,18H,10,12-13H2,1H3,(H2,24,25,27)/t18-/m0/s1. The third kappa shape index (κ3) is 4.52. The zero-order valence-corrected chi connectivity index (χ0v) is 16.6. The highest BCUT2D eigenvalue weighted by Crippen LogP contribution is 2.26. The van der Waals surface area contributed by atoms with Crippen LogP contribution >= 0.6 is 11.6 Å². The van der Waals surface area contributed by atoms with Crippen molar-refractivity contribution < 1.29 is 14.3 Å². The minimum atomic E-state index is -0.284. The van der Waals surface area contributed by atoms with Gasteiger partial charge in [-0.2, -0.15) is 0 Å². The molecule has 0 fully saturated rings. The van der Waals surface area contributed by atoms with E-state index < -0.39 is 0 Å². The van der Waals surface area contributed by atoms with Gasteiger partial charge in [0.2, 0.25) is 0 Å². The fraction of sp³-hybridized carbons (Fsp3) is 0.238. The Morgan fingerprint density at radius 2 is 2.00 bits per heavy atom. The Morgan fingerprint density at radius 3 is 2.72 bits per heavy atom. The molecule has 0 bridgehead atoms. The normalized spacial score (nSPS) is 15.4. The second-order valence-corrected chi connectivity index (χ2v) is 7.11.